The van der Waals surface area contributed by atoms with Crippen molar-refractivity contribution in [2.75, 3.05) is 0 Å². The lowest BCUT2D eigenvalue weighted by atomic mass is 10.0. The van der Waals surface area contributed by atoms with Crippen LogP contribution in [0.2, 0.25) is 0 Å². The van der Waals surface area contributed by atoms with Crippen LogP contribution in [-0.4, -0.2) is 36.1 Å². The maximum Gasteiger partial charge on any atom is 0.478 e. The Hall–Kier alpha value is -1.58. The minimum Gasteiger partial charge on any atom is -0.410 e. The second-order valence-electron chi connectivity index (χ2n) is 4.22. The molecule has 140 valence electrons. The highest BCUT2D eigenvalue weighted by molar-refractivity contribution is 5.11. The molecule has 0 aromatic rings. The summed E-state index contributed by atoms with van der Waals surface area (Å²) in [6.07, 6.45) is -20.1. The Balaban J connectivity index is 2.69. The summed E-state index contributed by atoms with van der Waals surface area (Å²) in [7, 11) is 0. The van der Waals surface area contributed by atoms with Crippen molar-refractivity contribution in [2.45, 2.75) is 36.1 Å². The Morgan fingerprint density at radius 1 is 0.667 bits per heavy atom. The van der Waals surface area contributed by atoms with Gasteiger partial charge in [0.2, 0.25) is 0 Å². The zero-order valence-electron chi connectivity index (χ0n) is 10.2. The van der Waals surface area contributed by atoms with E-state index < -0.39 is 48.2 Å². The minimum absolute atomic E-state index is 2.35. The van der Waals surface area contributed by atoms with Crippen LogP contribution in [0.5, 0.6) is 0 Å². The highest BCUT2D eigenvalue weighted by Gasteiger charge is 2.94. The van der Waals surface area contributed by atoms with E-state index in [2.05, 4.69) is 18.9 Å². The fourth-order valence-electron chi connectivity index (χ4n) is 1.65. The lowest BCUT2D eigenvalue weighted by Crippen LogP contribution is -2.79. The van der Waals surface area contributed by atoms with Gasteiger partial charge in [0.1, 0.15) is 0 Å². The summed E-state index contributed by atoms with van der Waals surface area (Å²) < 4.78 is 166. The SMILES string of the molecule is FC1=C(F)OC2(O1)C(F)(F)OC(F)(C(F)(F)F)OC2(F)C(F)(F)F. The molecule has 2 aliphatic heterocycles. The predicted molar refractivity (Wildman–Crippen MR) is 41.0 cm³/mol. The zero-order chi connectivity index (χ0) is 19.0. The molecular formula is C8F12O4. The average Bonchev–Trinajstić information content (AvgIpc) is 2.62. The van der Waals surface area contributed by atoms with Crippen molar-refractivity contribution in [3.63, 3.8) is 0 Å². The maximum atomic E-state index is 14.1. The highest BCUT2D eigenvalue weighted by Crippen LogP contribution is 2.63. The van der Waals surface area contributed by atoms with Crippen molar-refractivity contribution in [1.82, 2.24) is 0 Å². The number of ether oxygens (including phenoxy) is 4. The van der Waals surface area contributed by atoms with Gasteiger partial charge in [-0.25, -0.2) is 4.74 Å². The van der Waals surface area contributed by atoms with Crippen molar-refractivity contribution >= 4 is 0 Å². The number of alkyl halides is 10. The minimum atomic E-state index is -6.96. The van der Waals surface area contributed by atoms with Crippen LogP contribution in [-0.2, 0) is 18.9 Å². The van der Waals surface area contributed by atoms with Gasteiger partial charge in [-0.15, -0.1) is 0 Å². The molecule has 2 atom stereocenters. The van der Waals surface area contributed by atoms with E-state index in [4.69, 9.17) is 0 Å². The van der Waals surface area contributed by atoms with Gasteiger partial charge in [-0.05, 0) is 0 Å². The molecule has 2 heterocycles. The lowest BCUT2D eigenvalue weighted by Gasteiger charge is -2.49. The molecule has 0 aliphatic carbocycles. The topological polar surface area (TPSA) is 36.9 Å². The average molecular weight is 388 g/mol. The van der Waals surface area contributed by atoms with E-state index in [1.54, 1.807) is 0 Å². The van der Waals surface area contributed by atoms with Gasteiger partial charge in [0.15, 0.2) is 0 Å². The molecule has 0 radical (unpaired) electrons. The molecule has 24 heavy (non-hydrogen) atoms. The van der Waals surface area contributed by atoms with Crippen LogP contribution in [0.4, 0.5) is 52.7 Å². The normalized spacial score (nSPS) is 35.8. The van der Waals surface area contributed by atoms with Gasteiger partial charge in [0.25, 0.3) is 0 Å². The molecule has 0 saturated carbocycles. The van der Waals surface area contributed by atoms with Crippen LogP contribution in [0.25, 0.3) is 0 Å². The van der Waals surface area contributed by atoms with E-state index in [1.165, 1.54) is 0 Å². The van der Waals surface area contributed by atoms with Crippen molar-refractivity contribution in [1.29, 1.82) is 0 Å². The Labute approximate surface area is 121 Å². The fourth-order valence-corrected chi connectivity index (χ4v) is 1.65. The highest BCUT2D eigenvalue weighted by atomic mass is 19.4. The molecule has 2 rings (SSSR count). The molecule has 2 aliphatic rings. The summed E-state index contributed by atoms with van der Waals surface area (Å²) >= 11 is 0. The van der Waals surface area contributed by atoms with Crippen LogP contribution in [0.15, 0.2) is 12.0 Å². The van der Waals surface area contributed by atoms with Crippen LogP contribution in [0.3, 0.4) is 0 Å². The molecule has 0 aromatic heterocycles. The third kappa shape index (κ3) is 2.11. The molecule has 1 spiro atoms. The van der Waals surface area contributed by atoms with Gasteiger partial charge in [0, 0.05) is 0 Å². The molecule has 4 nitrogen and oxygen atoms in total. The number of halogens is 12. The predicted octanol–water partition coefficient (Wildman–Crippen LogP) is 3.85. The first-order valence-corrected chi connectivity index (χ1v) is 5.15. The third-order valence-electron chi connectivity index (χ3n) is 2.66. The second-order valence-corrected chi connectivity index (χ2v) is 4.22. The van der Waals surface area contributed by atoms with E-state index in [9.17, 15) is 52.7 Å². The first-order valence-electron chi connectivity index (χ1n) is 5.15. The largest absolute Gasteiger partial charge is 0.478 e. The fraction of sp³-hybridized carbons (Fsp3) is 0.750. The summed E-state index contributed by atoms with van der Waals surface area (Å²) in [4.78, 5) is 0. The van der Waals surface area contributed by atoms with Gasteiger partial charge in [-0.1, -0.05) is 0 Å². The van der Waals surface area contributed by atoms with Crippen molar-refractivity contribution < 1.29 is 71.6 Å². The summed E-state index contributed by atoms with van der Waals surface area (Å²) in [5.41, 5.74) is 0. The van der Waals surface area contributed by atoms with E-state index >= 15 is 0 Å². The summed E-state index contributed by atoms with van der Waals surface area (Å²) in [5, 5.41) is 0. The quantitative estimate of drug-likeness (QED) is 0.591. The van der Waals surface area contributed by atoms with Gasteiger partial charge in [-0.3, -0.25) is 4.74 Å². The summed E-state index contributed by atoms with van der Waals surface area (Å²) in [6, 6.07) is -12.4. The molecule has 0 amide bonds. The van der Waals surface area contributed by atoms with Gasteiger partial charge in [-0.2, -0.15) is 52.7 Å². The van der Waals surface area contributed by atoms with Crippen molar-refractivity contribution in [3.05, 3.63) is 12.0 Å². The van der Waals surface area contributed by atoms with Crippen LogP contribution in [0, 0.1) is 0 Å². The van der Waals surface area contributed by atoms with Crippen LogP contribution >= 0.6 is 0 Å². The summed E-state index contributed by atoms with van der Waals surface area (Å²) in [6.45, 7) is 0. The Bertz CT molecular complexity index is 567. The first kappa shape index (κ1) is 18.8. The molecule has 16 heteroatoms. The summed E-state index contributed by atoms with van der Waals surface area (Å²) in [5.74, 6) is -12.2. The van der Waals surface area contributed by atoms with Crippen LogP contribution in [0.1, 0.15) is 0 Å². The van der Waals surface area contributed by atoms with Crippen molar-refractivity contribution in [2.24, 2.45) is 0 Å². The number of rotatable bonds is 0. The molecule has 1 saturated heterocycles. The molecule has 1 fully saturated rings. The molecule has 0 aromatic carbocycles. The van der Waals surface area contributed by atoms with Crippen LogP contribution < -0.4 is 0 Å². The number of hydrogen-bond acceptors (Lipinski definition) is 4. The Kier molecular flexibility index (Phi) is 3.54. The molecular weight excluding hydrogens is 388 g/mol. The van der Waals surface area contributed by atoms with Crippen molar-refractivity contribution in [3.8, 4) is 0 Å². The standard InChI is InChI=1S/C8F12O4/c9-1-2(10)22-4(21-1)3(11,5(12,13)14)23-8(20,6(15,16)17)24-7(4,18)19. The zero-order valence-corrected chi connectivity index (χ0v) is 10.2. The Morgan fingerprint density at radius 2 is 1.08 bits per heavy atom. The van der Waals surface area contributed by atoms with E-state index in [-0.39, 0.29) is 0 Å². The lowest BCUT2D eigenvalue weighted by molar-refractivity contribution is -0.639. The maximum absolute atomic E-state index is 14.1. The smallest absolute Gasteiger partial charge is 0.410 e. The van der Waals surface area contributed by atoms with E-state index in [0.29, 0.717) is 0 Å². The first-order chi connectivity index (χ1) is 10.4. The molecule has 0 bridgehead atoms. The van der Waals surface area contributed by atoms with Gasteiger partial charge in [0.05, 0.1) is 0 Å². The third-order valence-corrected chi connectivity index (χ3v) is 2.66. The Morgan fingerprint density at radius 3 is 1.42 bits per heavy atom. The monoisotopic (exact) mass is 388 g/mol. The molecule has 2 unspecified atom stereocenters. The number of hydrogen-bond donors (Lipinski definition) is 0. The van der Waals surface area contributed by atoms with Gasteiger partial charge < -0.3 is 9.47 Å². The second kappa shape index (κ2) is 4.53. The van der Waals surface area contributed by atoms with E-state index in [0.717, 1.165) is 0 Å². The van der Waals surface area contributed by atoms with Gasteiger partial charge >= 0.3 is 48.2 Å². The van der Waals surface area contributed by atoms with E-state index in [1.807, 2.05) is 0 Å². The molecule has 0 N–H and O–H groups in total.